The number of fused-ring (bicyclic) bond motifs is 1. The van der Waals surface area contributed by atoms with Crippen LogP contribution in [0, 0.1) is 11.7 Å². The van der Waals surface area contributed by atoms with Crippen molar-refractivity contribution >= 4 is 41.1 Å². The molecule has 0 radical (unpaired) electrons. The van der Waals surface area contributed by atoms with Gasteiger partial charge >= 0.3 is 0 Å². The molecule has 8 nitrogen and oxygen atoms in total. The lowest BCUT2D eigenvalue weighted by Gasteiger charge is -2.33. The summed E-state index contributed by atoms with van der Waals surface area (Å²) in [5.74, 6) is 1.27. The van der Waals surface area contributed by atoms with Crippen LogP contribution in [-0.2, 0) is 13.2 Å². The van der Waals surface area contributed by atoms with E-state index in [4.69, 9.17) is 39.9 Å². The van der Waals surface area contributed by atoms with E-state index in [1.165, 1.54) is 0 Å². The molecule has 0 spiro atoms. The number of aromatic nitrogens is 5. The summed E-state index contributed by atoms with van der Waals surface area (Å²) in [6.45, 7) is 6.80. The summed E-state index contributed by atoms with van der Waals surface area (Å²) >= 11 is 17.9. The lowest BCUT2D eigenvalue weighted by atomic mass is 10.1. The van der Waals surface area contributed by atoms with Crippen LogP contribution in [0.5, 0.6) is 0 Å². The van der Waals surface area contributed by atoms with Crippen molar-refractivity contribution in [2.75, 3.05) is 26.2 Å². The molecule has 0 atom stereocenters. The van der Waals surface area contributed by atoms with Gasteiger partial charge in [-0.1, -0.05) is 52.6 Å². The summed E-state index contributed by atoms with van der Waals surface area (Å²) < 4.78 is 9.60. The molecule has 1 aliphatic rings. The fourth-order valence-corrected chi connectivity index (χ4v) is 4.61. The van der Waals surface area contributed by atoms with Crippen molar-refractivity contribution in [3.63, 3.8) is 0 Å². The van der Waals surface area contributed by atoms with Crippen molar-refractivity contribution in [1.29, 1.82) is 0 Å². The third kappa shape index (κ3) is 4.31. The number of halogens is 2. The standard InChI is InChI=1S/C21H21Cl2N7OS/c1-14-4-2-3-5-16(14)19-24-18(31-26-19)12-27-6-8-28(9-7-27)13-30-21(32)29-11-15(22)10-17(23)20(29)25-30/h2-5,10-11H,6-9,12-13H2,1H3. The van der Waals surface area contributed by atoms with Gasteiger partial charge in [-0.25, -0.2) is 4.68 Å². The lowest BCUT2D eigenvalue weighted by Crippen LogP contribution is -2.46. The first kappa shape index (κ1) is 21.5. The highest BCUT2D eigenvalue weighted by molar-refractivity contribution is 7.71. The Morgan fingerprint density at radius 1 is 1.09 bits per heavy atom. The maximum absolute atomic E-state index is 6.27. The maximum atomic E-state index is 6.27. The zero-order valence-electron chi connectivity index (χ0n) is 17.4. The van der Waals surface area contributed by atoms with Gasteiger partial charge in [-0.2, -0.15) is 4.98 Å². The molecule has 0 bridgehead atoms. The molecule has 11 heteroatoms. The van der Waals surface area contributed by atoms with Gasteiger partial charge < -0.3 is 4.52 Å². The van der Waals surface area contributed by atoms with E-state index in [-0.39, 0.29) is 0 Å². The van der Waals surface area contributed by atoms with E-state index in [1.54, 1.807) is 21.3 Å². The third-order valence-electron chi connectivity index (χ3n) is 5.61. The molecule has 4 heterocycles. The van der Waals surface area contributed by atoms with Crippen LogP contribution < -0.4 is 0 Å². The second kappa shape index (κ2) is 8.92. The Hall–Kier alpha value is -2.30. The number of hydrogen-bond donors (Lipinski definition) is 0. The van der Waals surface area contributed by atoms with Crippen LogP contribution in [0.25, 0.3) is 17.0 Å². The molecule has 1 saturated heterocycles. The molecule has 0 amide bonds. The Bertz CT molecular complexity index is 1320. The molecule has 0 saturated carbocycles. The predicted molar refractivity (Wildman–Crippen MR) is 125 cm³/mol. The average molecular weight is 490 g/mol. The van der Waals surface area contributed by atoms with Crippen LogP contribution in [0.4, 0.5) is 0 Å². The third-order valence-corrected chi connectivity index (χ3v) is 6.51. The van der Waals surface area contributed by atoms with Gasteiger partial charge in [0.1, 0.15) is 0 Å². The molecule has 1 aliphatic heterocycles. The first-order valence-electron chi connectivity index (χ1n) is 10.3. The average Bonchev–Trinajstić information content (AvgIpc) is 3.35. The second-order valence-corrected chi connectivity index (χ2v) is 9.05. The molecule has 0 aliphatic carbocycles. The van der Waals surface area contributed by atoms with Crippen LogP contribution in [0.3, 0.4) is 0 Å². The van der Waals surface area contributed by atoms with E-state index >= 15 is 0 Å². The minimum Gasteiger partial charge on any atom is -0.338 e. The normalized spacial score (nSPS) is 15.6. The van der Waals surface area contributed by atoms with Crippen LogP contribution in [-0.4, -0.2) is 60.3 Å². The monoisotopic (exact) mass is 489 g/mol. The van der Waals surface area contributed by atoms with Crippen molar-refractivity contribution in [3.05, 3.63) is 62.8 Å². The SMILES string of the molecule is Cc1ccccc1-c1noc(CN2CCN(Cn3nc4c(Cl)cc(Cl)cn4c3=S)CC2)n1. The van der Waals surface area contributed by atoms with Crippen LogP contribution >= 0.6 is 35.4 Å². The quantitative estimate of drug-likeness (QED) is 0.387. The number of benzene rings is 1. The van der Waals surface area contributed by atoms with E-state index in [9.17, 15) is 0 Å². The highest BCUT2D eigenvalue weighted by Gasteiger charge is 2.21. The summed E-state index contributed by atoms with van der Waals surface area (Å²) in [6.07, 6.45) is 1.74. The highest BCUT2D eigenvalue weighted by Crippen LogP contribution is 2.22. The van der Waals surface area contributed by atoms with Gasteiger partial charge in [0.05, 0.1) is 23.3 Å². The molecule has 0 N–H and O–H groups in total. The highest BCUT2D eigenvalue weighted by atomic mass is 35.5. The summed E-state index contributed by atoms with van der Waals surface area (Å²) in [4.78, 5) is 9.20. The summed E-state index contributed by atoms with van der Waals surface area (Å²) in [5.41, 5.74) is 2.74. The van der Waals surface area contributed by atoms with Crippen molar-refractivity contribution < 1.29 is 4.52 Å². The molecule has 166 valence electrons. The van der Waals surface area contributed by atoms with E-state index in [0.29, 0.717) is 45.4 Å². The van der Waals surface area contributed by atoms with Gasteiger partial charge in [-0.05, 0) is 30.8 Å². The smallest absolute Gasteiger partial charge is 0.241 e. The molecular formula is C21H21Cl2N7OS. The van der Waals surface area contributed by atoms with Crippen molar-refractivity contribution in [2.45, 2.75) is 20.1 Å². The lowest BCUT2D eigenvalue weighted by molar-refractivity contribution is 0.0910. The molecule has 0 unspecified atom stereocenters. The first-order valence-corrected chi connectivity index (χ1v) is 11.4. The van der Waals surface area contributed by atoms with Gasteiger partial charge in [-0.3, -0.25) is 14.2 Å². The fourth-order valence-electron chi connectivity index (χ4n) is 3.86. The summed E-state index contributed by atoms with van der Waals surface area (Å²) in [5, 5.41) is 9.74. The Kier molecular flexibility index (Phi) is 6.00. The number of hydrogen-bond acceptors (Lipinski definition) is 7. The first-order chi connectivity index (χ1) is 15.5. The Morgan fingerprint density at radius 3 is 2.62 bits per heavy atom. The second-order valence-electron chi connectivity index (χ2n) is 7.84. The Labute approximate surface area is 200 Å². The van der Waals surface area contributed by atoms with E-state index in [1.807, 2.05) is 31.2 Å². The molecular weight excluding hydrogens is 469 g/mol. The molecule has 32 heavy (non-hydrogen) atoms. The Balaban J connectivity index is 1.21. The van der Waals surface area contributed by atoms with E-state index < -0.39 is 0 Å². The van der Waals surface area contributed by atoms with Gasteiger partial charge in [-0.15, -0.1) is 5.10 Å². The van der Waals surface area contributed by atoms with Crippen LogP contribution in [0.2, 0.25) is 10.0 Å². The Morgan fingerprint density at radius 2 is 1.84 bits per heavy atom. The number of aryl methyl sites for hydroxylation is 1. The van der Waals surface area contributed by atoms with Crippen molar-refractivity contribution in [1.82, 2.24) is 34.1 Å². The topological polar surface area (TPSA) is 67.6 Å². The van der Waals surface area contributed by atoms with Gasteiger partial charge in [0.25, 0.3) is 0 Å². The van der Waals surface area contributed by atoms with Gasteiger partial charge in [0.2, 0.25) is 16.5 Å². The van der Waals surface area contributed by atoms with E-state index in [0.717, 1.165) is 37.3 Å². The number of nitrogens with zero attached hydrogens (tertiary/aromatic N) is 7. The largest absolute Gasteiger partial charge is 0.338 e. The molecule has 3 aromatic heterocycles. The molecule has 4 aromatic rings. The maximum Gasteiger partial charge on any atom is 0.241 e. The van der Waals surface area contributed by atoms with E-state index in [2.05, 4.69) is 25.0 Å². The molecule has 5 rings (SSSR count). The fraction of sp³-hybridized carbons (Fsp3) is 0.333. The number of piperazine rings is 1. The predicted octanol–water partition coefficient (Wildman–Crippen LogP) is 4.31. The number of pyridine rings is 1. The van der Waals surface area contributed by atoms with Crippen LogP contribution in [0.1, 0.15) is 11.5 Å². The van der Waals surface area contributed by atoms with Gasteiger partial charge in [0.15, 0.2) is 5.65 Å². The minimum absolute atomic E-state index is 0.483. The van der Waals surface area contributed by atoms with Crippen molar-refractivity contribution in [2.24, 2.45) is 0 Å². The van der Waals surface area contributed by atoms with Crippen molar-refractivity contribution in [3.8, 4) is 11.4 Å². The summed E-state index contributed by atoms with van der Waals surface area (Å²) in [6, 6.07) is 9.71. The zero-order valence-corrected chi connectivity index (χ0v) is 19.7. The van der Waals surface area contributed by atoms with Crippen LogP contribution in [0.15, 0.2) is 41.1 Å². The van der Waals surface area contributed by atoms with Gasteiger partial charge in [0, 0.05) is 37.9 Å². The molecule has 1 fully saturated rings. The minimum atomic E-state index is 0.483. The number of rotatable bonds is 5. The molecule has 1 aromatic carbocycles. The summed E-state index contributed by atoms with van der Waals surface area (Å²) in [7, 11) is 0. The zero-order chi connectivity index (χ0) is 22.2.